The molecule has 0 aromatic heterocycles. The van der Waals surface area contributed by atoms with Crippen molar-refractivity contribution in [2.75, 3.05) is 19.0 Å². The lowest BCUT2D eigenvalue weighted by Gasteiger charge is -2.32. The average Bonchev–Trinajstić information content (AvgIpc) is 2.59. The molecule has 0 aliphatic carbocycles. The van der Waals surface area contributed by atoms with Gasteiger partial charge in [-0.3, -0.25) is 9.59 Å². The van der Waals surface area contributed by atoms with Crippen molar-refractivity contribution in [3.05, 3.63) is 35.4 Å². The van der Waals surface area contributed by atoms with Crippen LogP contribution < -0.4 is 5.32 Å². The summed E-state index contributed by atoms with van der Waals surface area (Å²) < 4.78 is 0. The van der Waals surface area contributed by atoms with Crippen LogP contribution in [-0.2, 0) is 10.2 Å². The molecular formula is C20H29ClN2O2. The highest BCUT2D eigenvalue weighted by Crippen LogP contribution is 2.22. The quantitative estimate of drug-likeness (QED) is 0.809. The predicted molar refractivity (Wildman–Crippen MR) is 102 cm³/mol. The topological polar surface area (TPSA) is 49.4 Å². The van der Waals surface area contributed by atoms with Gasteiger partial charge < -0.3 is 10.2 Å². The van der Waals surface area contributed by atoms with E-state index in [0.717, 1.165) is 19.3 Å². The zero-order valence-electron chi connectivity index (χ0n) is 15.5. The number of rotatable bonds is 5. The summed E-state index contributed by atoms with van der Waals surface area (Å²) in [5.74, 6) is 0.655. The van der Waals surface area contributed by atoms with E-state index in [1.54, 1.807) is 0 Å². The molecule has 1 fully saturated rings. The summed E-state index contributed by atoms with van der Waals surface area (Å²) in [4.78, 5) is 26.3. The van der Waals surface area contributed by atoms with Gasteiger partial charge in [-0.15, -0.1) is 11.6 Å². The molecule has 1 saturated heterocycles. The molecule has 0 spiro atoms. The van der Waals surface area contributed by atoms with Gasteiger partial charge >= 0.3 is 0 Å². The molecule has 1 heterocycles. The number of hydrogen-bond donors (Lipinski definition) is 1. The number of alkyl halides is 1. The largest absolute Gasteiger partial charge is 0.349 e. The summed E-state index contributed by atoms with van der Waals surface area (Å²) in [5, 5.41) is 3.10. The Hall–Kier alpha value is -1.55. The third-order valence-corrected chi connectivity index (χ3v) is 4.99. The molecule has 0 atom stereocenters. The van der Waals surface area contributed by atoms with Crippen LogP contribution in [0.3, 0.4) is 0 Å². The number of nitrogens with zero attached hydrogens (tertiary/aromatic N) is 1. The Bertz CT molecular complexity index is 585. The molecule has 1 aromatic rings. The van der Waals surface area contributed by atoms with E-state index in [1.165, 1.54) is 5.56 Å². The van der Waals surface area contributed by atoms with E-state index in [9.17, 15) is 9.59 Å². The molecule has 2 rings (SSSR count). The maximum Gasteiger partial charge on any atom is 0.251 e. The summed E-state index contributed by atoms with van der Waals surface area (Å²) in [6.07, 6.45) is 2.85. The second kappa shape index (κ2) is 8.70. The van der Waals surface area contributed by atoms with Crippen LogP contribution in [0.5, 0.6) is 0 Å². The van der Waals surface area contributed by atoms with Gasteiger partial charge in [0.1, 0.15) is 0 Å². The monoisotopic (exact) mass is 364 g/mol. The van der Waals surface area contributed by atoms with Crippen molar-refractivity contribution in [1.29, 1.82) is 0 Å². The van der Waals surface area contributed by atoms with Crippen molar-refractivity contribution in [2.24, 2.45) is 0 Å². The van der Waals surface area contributed by atoms with Crippen LogP contribution >= 0.6 is 11.6 Å². The maximum absolute atomic E-state index is 12.4. The van der Waals surface area contributed by atoms with Crippen LogP contribution in [0.4, 0.5) is 0 Å². The molecule has 2 amide bonds. The van der Waals surface area contributed by atoms with Gasteiger partial charge in [0.05, 0.1) is 0 Å². The number of carbonyl (C=O) groups excluding carboxylic acids is 2. The van der Waals surface area contributed by atoms with Crippen LogP contribution in [-0.4, -0.2) is 41.7 Å². The summed E-state index contributed by atoms with van der Waals surface area (Å²) >= 11 is 5.64. The third-order valence-electron chi connectivity index (χ3n) is 4.72. The first-order chi connectivity index (χ1) is 11.8. The van der Waals surface area contributed by atoms with Crippen molar-refractivity contribution in [3.8, 4) is 0 Å². The second-order valence-electron chi connectivity index (χ2n) is 7.75. The SMILES string of the molecule is CC(C)(C)c1ccc(C(=O)NC2CCN(C(=O)CCCCl)CC2)cc1. The lowest BCUT2D eigenvalue weighted by molar-refractivity contribution is -0.132. The van der Waals surface area contributed by atoms with Gasteiger partial charge in [0.15, 0.2) is 0 Å². The van der Waals surface area contributed by atoms with Gasteiger partial charge in [0, 0.05) is 37.0 Å². The predicted octanol–water partition coefficient (Wildman–Crippen LogP) is 3.72. The fraction of sp³-hybridized carbons (Fsp3) is 0.600. The second-order valence-corrected chi connectivity index (χ2v) is 8.13. The first kappa shape index (κ1) is 19.8. The highest BCUT2D eigenvalue weighted by molar-refractivity contribution is 6.17. The molecule has 0 radical (unpaired) electrons. The van der Waals surface area contributed by atoms with Crippen molar-refractivity contribution in [2.45, 2.75) is 57.9 Å². The van der Waals surface area contributed by atoms with E-state index in [2.05, 4.69) is 26.1 Å². The minimum atomic E-state index is -0.0348. The lowest BCUT2D eigenvalue weighted by Crippen LogP contribution is -2.46. The zero-order valence-corrected chi connectivity index (χ0v) is 16.2. The number of halogens is 1. The van der Waals surface area contributed by atoms with Crippen molar-refractivity contribution >= 4 is 23.4 Å². The summed E-state index contributed by atoms with van der Waals surface area (Å²) in [6, 6.07) is 7.95. The molecule has 25 heavy (non-hydrogen) atoms. The first-order valence-electron chi connectivity index (χ1n) is 9.06. The number of amides is 2. The van der Waals surface area contributed by atoms with Crippen LogP contribution in [0.25, 0.3) is 0 Å². The number of benzene rings is 1. The lowest BCUT2D eigenvalue weighted by atomic mass is 9.86. The Morgan fingerprint density at radius 2 is 1.76 bits per heavy atom. The highest BCUT2D eigenvalue weighted by Gasteiger charge is 2.24. The van der Waals surface area contributed by atoms with Gasteiger partial charge in [-0.05, 0) is 42.4 Å². The van der Waals surface area contributed by atoms with E-state index in [0.29, 0.717) is 31.0 Å². The minimum absolute atomic E-state index is 0.0348. The van der Waals surface area contributed by atoms with Gasteiger partial charge in [-0.25, -0.2) is 0 Å². The molecule has 1 aromatic carbocycles. The molecule has 138 valence electrons. The molecule has 0 bridgehead atoms. The molecule has 5 heteroatoms. The molecule has 0 unspecified atom stereocenters. The fourth-order valence-corrected chi connectivity index (χ4v) is 3.17. The van der Waals surface area contributed by atoms with E-state index >= 15 is 0 Å². The maximum atomic E-state index is 12.4. The molecule has 1 aliphatic rings. The smallest absolute Gasteiger partial charge is 0.251 e. The molecule has 1 aliphatic heterocycles. The first-order valence-corrected chi connectivity index (χ1v) is 9.60. The summed E-state index contributed by atoms with van der Waals surface area (Å²) in [7, 11) is 0. The Balaban J connectivity index is 1.83. The zero-order chi connectivity index (χ0) is 18.4. The minimum Gasteiger partial charge on any atom is -0.349 e. The molecule has 1 N–H and O–H groups in total. The Morgan fingerprint density at radius 3 is 2.28 bits per heavy atom. The van der Waals surface area contributed by atoms with E-state index in [4.69, 9.17) is 11.6 Å². The van der Waals surface area contributed by atoms with Crippen LogP contribution in [0.2, 0.25) is 0 Å². The molecule has 0 saturated carbocycles. The van der Waals surface area contributed by atoms with Gasteiger partial charge in [0.25, 0.3) is 5.91 Å². The third kappa shape index (κ3) is 5.74. The summed E-state index contributed by atoms with van der Waals surface area (Å²) in [5.41, 5.74) is 1.99. The van der Waals surface area contributed by atoms with E-state index in [1.807, 2.05) is 29.2 Å². The number of carbonyl (C=O) groups is 2. The van der Waals surface area contributed by atoms with Crippen LogP contribution in [0.15, 0.2) is 24.3 Å². The number of nitrogens with one attached hydrogen (secondary N) is 1. The highest BCUT2D eigenvalue weighted by atomic mass is 35.5. The van der Waals surface area contributed by atoms with Crippen molar-refractivity contribution in [1.82, 2.24) is 10.2 Å². The Labute approximate surface area is 155 Å². The Kier molecular flexibility index (Phi) is 6.88. The van der Waals surface area contributed by atoms with Crippen molar-refractivity contribution < 1.29 is 9.59 Å². The molecule has 4 nitrogen and oxygen atoms in total. The standard InChI is InChI=1S/C20H29ClN2O2/c1-20(2,3)16-8-6-15(7-9-16)19(25)22-17-10-13-23(14-11-17)18(24)5-4-12-21/h6-9,17H,4-5,10-14H2,1-3H3,(H,22,25). The number of piperidine rings is 1. The van der Waals surface area contributed by atoms with Gasteiger partial charge in [-0.1, -0.05) is 32.9 Å². The van der Waals surface area contributed by atoms with E-state index in [-0.39, 0.29) is 23.3 Å². The molecular weight excluding hydrogens is 336 g/mol. The normalized spacial score (nSPS) is 15.9. The fourth-order valence-electron chi connectivity index (χ4n) is 3.04. The van der Waals surface area contributed by atoms with Crippen LogP contribution in [0.1, 0.15) is 62.4 Å². The van der Waals surface area contributed by atoms with Gasteiger partial charge in [-0.2, -0.15) is 0 Å². The van der Waals surface area contributed by atoms with Crippen molar-refractivity contribution in [3.63, 3.8) is 0 Å². The van der Waals surface area contributed by atoms with E-state index < -0.39 is 0 Å². The Morgan fingerprint density at radius 1 is 1.16 bits per heavy atom. The summed E-state index contributed by atoms with van der Waals surface area (Å²) in [6.45, 7) is 7.88. The average molecular weight is 365 g/mol. The number of hydrogen-bond acceptors (Lipinski definition) is 2. The van der Waals surface area contributed by atoms with Crippen LogP contribution in [0, 0.1) is 0 Å². The van der Waals surface area contributed by atoms with Gasteiger partial charge in [0.2, 0.25) is 5.91 Å². The number of likely N-dealkylation sites (tertiary alicyclic amines) is 1.